The quantitative estimate of drug-likeness (QED) is 0.557. The van der Waals surface area contributed by atoms with Crippen molar-refractivity contribution in [2.24, 2.45) is 5.92 Å². The first-order chi connectivity index (χ1) is 6.13. The second kappa shape index (κ2) is 3.81. The van der Waals surface area contributed by atoms with Crippen LogP contribution in [0, 0.1) is 18.3 Å². The Morgan fingerprint density at radius 3 is 2.69 bits per heavy atom. The summed E-state index contributed by atoms with van der Waals surface area (Å²) >= 11 is 0. The van der Waals surface area contributed by atoms with E-state index in [1.54, 1.807) is 0 Å². The molecule has 1 fully saturated rings. The fourth-order valence-corrected chi connectivity index (χ4v) is 1.05. The third-order valence-electron chi connectivity index (χ3n) is 1.86. The van der Waals surface area contributed by atoms with Crippen LogP contribution in [0.15, 0.2) is 0 Å². The molecule has 1 aliphatic heterocycles. The van der Waals surface area contributed by atoms with Gasteiger partial charge in [-0.15, -0.1) is 6.42 Å². The maximum Gasteiger partial charge on any atom is 0.405 e. The Hall–Kier alpha value is -1.70. The summed E-state index contributed by atoms with van der Waals surface area (Å²) in [5.74, 6) is 2.43. The standard InChI is InChI=1S/C8H10N2O3/c1-2-6-4-10(5-6)7(11)3-9-8(12)13/h1,6,9H,3-5H2,(H,12,13). The van der Waals surface area contributed by atoms with Crippen molar-refractivity contribution in [1.82, 2.24) is 10.2 Å². The number of carbonyl (C=O) groups excluding carboxylic acids is 1. The predicted molar refractivity (Wildman–Crippen MR) is 44.9 cm³/mol. The number of carboxylic acid groups (broad SMARTS) is 1. The molecular weight excluding hydrogens is 172 g/mol. The maximum absolute atomic E-state index is 11.1. The Balaban J connectivity index is 2.20. The smallest absolute Gasteiger partial charge is 0.405 e. The molecule has 0 aromatic heterocycles. The van der Waals surface area contributed by atoms with E-state index in [1.807, 2.05) is 5.32 Å². The predicted octanol–water partition coefficient (Wildman–Crippen LogP) is -0.654. The third-order valence-corrected chi connectivity index (χ3v) is 1.86. The average molecular weight is 182 g/mol. The number of hydrogen-bond acceptors (Lipinski definition) is 2. The number of hydrogen-bond donors (Lipinski definition) is 2. The molecule has 2 amide bonds. The molecule has 0 unspecified atom stereocenters. The lowest BCUT2D eigenvalue weighted by molar-refractivity contribution is -0.135. The molecule has 0 saturated carbocycles. The summed E-state index contributed by atoms with van der Waals surface area (Å²) in [4.78, 5) is 22.7. The second-order valence-corrected chi connectivity index (χ2v) is 2.82. The lowest BCUT2D eigenvalue weighted by Crippen LogP contribution is -2.52. The van der Waals surface area contributed by atoms with Gasteiger partial charge in [-0.1, -0.05) is 5.92 Å². The van der Waals surface area contributed by atoms with Crippen LogP contribution in [-0.2, 0) is 4.79 Å². The van der Waals surface area contributed by atoms with Gasteiger partial charge in [0.25, 0.3) is 0 Å². The number of nitrogens with zero attached hydrogens (tertiary/aromatic N) is 1. The van der Waals surface area contributed by atoms with E-state index < -0.39 is 6.09 Å². The van der Waals surface area contributed by atoms with Gasteiger partial charge in [0.1, 0.15) is 6.54 Å². The highest BCUT2D eigenvalue weighted by molar-refractivity contribution is 5.82. The van der Waals surface area contributed by atoms with E-state index in [2.05, 4.69) is 5.92 Å². The highest BCUT2D eigenvalue weighted by atomic mass is 16.4. The summed E-state index contributed by atoms with van der Waals surface area (Å²) in [7, 11) is 0. The Labute approximate surface area is 75.7 Å². The fraction of sp³-hybridized carbons (Fsp3) is 0.500. The van der Waals surface area contributed by atoms with Crippen molar-refractivity contribution in [2.45, 2.75) is 0 Å². The molecule has 5 heteroatoms. The minimum Gasteiger partial charge on any atom is -0.465 e. The fourth-order valence-electron chi connectivity index (χ4n) is 1.05. The summed E-state index contributed by atoms with van der Waals surface area (Å²) < 4.78 is 0. The normalized spacial score (nSPS) is 15.8. The molecule has 0 aromatic rings. The van der Waals surface area contributed by atoms with Crippen LogP contribution >= 0.6 is 0 Å². The molecule has 0 radical (unpaired) electrons. The summed E-state index contributed by atoms with van der Waals surface area (Å²) in [6.45, 7) is 0.903. The van der Waals surface area contributed by atoms with Crippen LogP contribution in [-0.4, -0.2) is 41.6 Å². The summed E-state index contributed by atoms with van der Waals surface area (Å²) in [6, 6.07) is 0. The molecule has 0 atom stereocenters. The number of terminal acetylenes is 1. The van der Waals surface area contributed by atoms with E-state index >= 15 is 0 Å². The molecule has 1 saturated heterocycles. The SMILES string of the molecule is C#CC1CN(C(=O)CNC(=O)O)C1. The van der Waals surface area contributed by atoms with Crippen molar-refractivity contribution < 1.29 is 14.7 Å². The number of amides is 2. The molecule has 0 aliphatic carbocycles. The van der Waals surface area contributed by atoms with Crippen LogP contribution < -0.4 is 5.32 Å². The largest absolute Gasteiger partial charge is 0.465 e. The van der Waals surface area contributed by atoms with E-state index in [4.69, 9.17) is 11.5 Å². The Morgan fingerprint density at radius 2 is 2.23 bits per heavy atom. The first-order valence-corrected chi connectivity index (χ1v) is 3.84. The van der Waals surface area contributed by atoms with Gasteiger partial charge < -0.3 is 15.3 Å². The molecule has 1 rings (SSSR count). The molecule has 0 bridgehead atoms. The summed E-state index contributed by atoms with van der Waals surface area (Å²) in [5.41, 5.74) is 0. The van der Waals surface area contributed by atoms with E-state index in [0.717, 1.165) is 0 Å². The Bertz CT molecular complexity index is 263. The van der Waals surface area contributed by atoms with E-state index in [-0.39, 0.29) is 18.4 Å². The molecular formula is C8H10N2O3. The van der Waals surface area contributed by atoms with Gasteiger partial charge in [0.2, 0.25) is 5.91 Å². The van der Waals surface area contributed by atoms with Crippen molar-refractivity contribution in [3.8, 4) is 12.3 Å². The van der Waals surface area contributed by atoms with Crippen molar-refractivity contribution in [1.29, 1.82) is 0 Å². The number of likely N-dealkylation sites (tertiary alicyclic amines) is 1. The molecule has 0 spiro atoms. The zero-order chi connectivity index (χ0) is 9.84. The number of nitrogens with one attached hydrogen (secondary N) is 1. The van der Waals surface area contributed by atoms with Gasteiger partial charge in [-0.25, -0.2) is 4.79 Å². The van der Waals surface area contributed by atoms with Gasteiger partial charge in [0, 0.05) is 13.1 Å². The minimum absolute atomic E-state index is 0.133. The van der Waals surface area contributed by atoms with Crippen LogP contribution in [0.5, 0.6) is 0 Å². The van der Waals surface area contributed by atoms with Crippen LogP contribution in [0.2, 0.25) is 0 Å². The third kappa shape index (κ3) is 2.37. The van der Waals surface area contributed by atoms with Gasteiger partial charge in [0.15, 0.2) is 0 Å². The number of rotatable bonds is 2. The lowest BCUT2D eigenvalue weighted by atomic mass is 10.0. The van der Waals surface area contributed by atoms with Crippen molar-refractivity contribution in [3.05, 3.63) is 0 Å². The lowest BCUT2D eigenvalue weighted by Gasteiger charge is -2.36. The molecule has 2 N–H and O–H groups in total. The van der Waals surface area contributed by atoms with Gasteiger partial charge >= 0.3 is 6.09 Å². The van der Waals surface area contributed by atoms with Crippen molar-refractivity contribution in [3.63, 3.8) is 0 Å². The Kier molecular flexibility index (Phi) is 2.75. The van der Waals surface area contributed by atoms with E-state index in [0.29, 0.717) is 13.1 Å². The summed E-state index contributed by atoms with van der Waals surface area (Å²) in [6.07, 6.45) is 3.93. The first-order valence-electron chi connectivity index (χ1n) is 3.84. The molecule has 5 nitrogen and oxygen atoms in total. The highest BCUT2D eigenvalue weighted by Gasteiger charge is 2.28. The van der Waals surface area contributed by atoms with Gasteiger partial charge in [-0.2, -0.15) is 0 Å². The van der Waals surface area contributed by atoms with Gasteiger partial charge in [-0.05, 0) is 0 Å². The van der Waals surface area contributed by atoms with Crippen LogP contribution in [0.1, 0.15) is 0 Å². The minimum atomic E-state index is -1.19. The molecule has 1 heterocycles. The van der Waals surface area contributed by atoms with Gasteiger partial charge in [0.05, 0.1) is 5.92 Å². The van der Waals surface area contributed by atoms with E-state index in [1.165, 1.54) is 4.90 Å². The monoisotopic (exact) mass is 182 g/mol. The second-order valence-electron chi connectivity index (χ2n) is 2.82. The molecule has 0 aromatic carbocycles. The zero-order valence-electron chi connectivity index (χ0n) is 6.99. The summed E-state index contributed by atoms with van der Waals surface area (Å²) in [5, 5.41) is 10.2. The van der Waals surface area contributed by atoms with E-state index in [9.17, 15) is 9.59 Å². The average Bonchev–Trinajstić information content (AvgIpc) is 1.99. The van der Waals surface area contributed by atoms with Crippen LogP contribution in [0.25, 0.3) is 0 Å². The van der Waals surface area contributed by atoms with Crippen molar-refractivity contribution in [2.75, 3.05) is 19.6 Å². The zero-order valence-corrected chi connectivity index (χ0v) is 6.99. The first kappa shape index (κ1) is 9.39. The number of carbonyl (C=O) groups is 2. The van der Waals surface area contributed by atoms with Gasteiger partial charge in [-0.3, -0.25) is 4.79 Å². The van der Waals surface area contributed by atoms with Crippen LogP contribution in [0.4, 0.5) is 4.79 Å². The Morgan fingerprint density at radius 1 is 1.62 bits per heavy atom. The molecule has 13 heavy (non-hydrogen) atoms. The maximum atomic E-state index is 11.1. The topological polar surface area (TPSA) is 69.6 Å². The molecule has 1 aliphatic rings. The molecule has 70 valence electrons. The van der Waals surface area contributed by atoms with Crippen LogP contribution in [0.3, 0.4) is 0 Å². The van der Waals surface area contributed by atoms with Crippen molar-refractivity contribution >= 4 is 12.0 Å². The highest BCUT2D eigenvalue weighted by Crippen LogP contribution is 2.13.